The molecule has 2 aromatic heterocycles. The van der Waals surface area contributed by atoms with Crippen LogP contribution in [0.5, 0.6) is 0 Å². The molecule has 0 saturated carbocycles. The number of carboxylic acid groups (broad SMARTS) is 1. The van der Waals surface area contributed by atoms with Gasteiger partial charge >= 0.3 is 11.8 Å². The highest BCUT2D eigenvalue weighted by Crippen LogP contribution is 1.99. The molecular weight excluding hydrogens is 204 g/mol. The molecule has 2 N–H and O–H groups in total. The molecule has 0 aliphatic heterocycles. The molecule has 0 radical (unpaired) electrons. The molecule has 0 saturated heterocycles. The lowest BCUT2D eigenvalue weighted by molar-refractivity contribution is 0.195. The molecule has 2 rings (SSSR count). The number of nitrogens with one attached hydrogen (secondary N) is 1. The molecule has 0 bridgehead atoms. The first-order chi connectivity index (χ1) is 7.04. The van der Waals surface area contributed by atoms with E-state index >= 15 is 0 Å². The fraction of sp³-hybridized carbons (Fsp3) is 0.143. The number of fused-ring (bicyclic) bond motifs is 1. The van der Waals surface area contributed by atoms with Crippen molar-refractivity contribution < 1.29 is 9.90 Å². The van der Waals surface area contributed by atoms with Crippen molar-refractivity contribution >= 4 is 17.3 Å². The second kappa shape index (κ2) is 2.80. The van der Waals surface area contributed by atoms with Gasteiger partial charge in [0.2, 0.25) is 0 Å². The molecule has 0 aliphatic carbocycles. The summed E-state index contributed by atoms with van der Waals surface area (Å²) in [4.78, 5) is 39.8. The number of rotatable bonds is 0. The van der Waals surface area contributed by atoms with E-state index in [1.807, 2.05) is 0 Å². The Morgan fingerprint density at radius 3 is 2.80 bits per heavy atom. The molecule has 2 aromatic rings. The molecule has 2 heterocycles. The van der Waals surface area contributed by atoms with Gasteiger partial charge in [-0.3, -0.25) is 9.36 Å². The highest BCUT2D eigenvalue weighted by atomic mass is 16.4. The normalized spacial score (nSPS) is 10.7. The Labute approximate surface area is 81.4 Å². The molecule has 0 spiro atoms. The fourth-order valence-electron chi connectivity index (χ4n) is 1.28. The molecule has 78 valence electrons. The lowest BCUT2D eigenvalue weighted by atomic mass is 10.5. The topological polar surface area (TPSA) is 110 Å². The van der Waals surface area contributed by atoms with Crippen molar-refractivity contribution in [3.63, 3.8) is 0 Å². The molecule has 0 aliphatic rings. The Hall–Kier alpha value is -2.38. The highest BCUT2D eigenvalue weighted by molar-refractivity contribution is 5.81. The van der Waals surface area contributed by atoms with Crippen molar-refractivity contribution in [3.05, 3.63) is 27.2 Å². The van der Waals surface area contributed by atoms with Gasteiger partial charge in [-0.1, -0.05) is 0 Å². The van der Waals surface area contributed by atoms with Crippen LogP contribution in [-0.2, 0) is 7.05 Å². The molecule has 0 fully saturated rings. The monoisotopic (exact) mass is 210 g/mol. The summed E-state index contributed by atoms with van der Waals surface area (Å²) in [6.45, 7) is 0. The van der Waals surface area contributed by atoms with E-state index in [2.05, 4.69) is 9.97 Å². The number of nitrogens with zero attached hydrogens (tertiary/aromatic N) is 3. The summed E-state index contributed by atoms with van der Waals surface area (Å²) in [7, 11) is 1.20. The van der Waals surface area contributed by atoms with Gasteiger partial charge in [0.25, 0.3) is 5.56 Å². The van der Waals surface area contributed by atoms with Crippen LogP contribution in [0.1, 0.15) is 0 Å². The maximum atomic E-state index is 11.5. The van der Waals surface area contributed by atoms with Gasteiger partial charge in [0.1, 0.15) is 5.52 Å². The van der Waals surface area contributed by atoms with E-state index in [4.69, 9.17) is 5.11 Å². The van der Waals surface area contributed by atoms with Gasteiger partial charge in [0.15, 0.2) is 5.65 Å². The van der Waals surface area contributed by atoms with E-state index < -0.39 is 17.3 Å². The van der Waals surface area contributed by atoms with E-state index in [9.17, 15) is 14.4 Å². The van der Waals surface area contributed by atoms with Crippen LogP contribution in [0.25, 0.3) is 11.2 Å². The van der Waals surface area contributed by atoms with Crippen LogP contribution in [0.2, 0.25) is 0 Å². The van der Waals surface area contributed by atoms with Crippen LogP contribution in [0.3, 0.4) is 0 Å². The molecule has 15 heavy (non-hydrogen) atoms. The lowest BCUT2D eigenvalue weighted by Crippen LogP contribution is -2.40. The molecule has 8 nitrogen and oxygen atoms in total. The first kappa shape index (κ1) is 9.19. The van der Waals surface area contributed by atoms with Crippen LogP contribution in [0, 0.1) is 0 Å². The van der Waals surface area contributed by atoms with Crippen LogP contribution in [0.15, 0.2) is 15.9 Å². The van der Waals surface area contributed by atoms with Crippen molar-refractivity contribution in [1.29, 1.82) is 0 Å². The van der Waals surface area contributed by atoms with Crippen molar-refractivity contribution in [1.82, 2.24) is 19.1 Å². The first-order valence-electron chi connectivity index (χ1n) is 3.92. The third-order valence-corrected chi connectivity index (χ3v) is 2.02. The summed E-state index contributed by atoms with van der Waals surface area (Å²) >= 11 is 0. The van der Waals surface area contributed by atoms with Crippen molar-refractivity contribution in [2.24, 2.45) is 7.05 Å². The minimum atomic E-state index is -1.48. The molecule has 0 unspecified atom stereocenters. The minimum Gasteiger partial charge on any atom is -0.464 e. The zero-order chi connectivity index (χ0) is 11.2. The minimum absolute atomic E-state index is 0.0144. The lowest BCUT2D eigenvalue weighted by Gasteiger charge is -2.02. The van der Waals surface area contributed by atoms with Crippen LogP contribution < -0.4 is 11.2 Å². The average molecular weight is 210 g/mol. The third kappa shape index (κ3) is 1.08. The Kier molecular flexibility index (Phi) is 1.72. The summed E-state index contributed by atoms with van der Waals surface area (Å²) in [5.41, 5.74) is -1.74. The third-order valence-electron chi connectivity index (χ3n) is 2.02. The number of H-pyrrole nitrogens is 1. The van der Waals surface area contributed by atoms with Gasteiger partial charge < -0.3 is 10.1 Å². The Morgan fingerprint density at radius 2 is 2.20 bits per heavy atom. The smallest absolute Gasteiger partial charge is 0.421 e. The maximum absolute atomic E-state index is 11.5. The van der Waals surface area contributed by atoms with Gasteiger partial charge in [-0.25, -0.2) is 14.6 Å². The van der Waals surface area contributed by atoms with E-state index in [1.54, 1.807) is 0 Å². The number of aromatic nitrogens is 4. The average Bonchev–Trinajstić information content (AvgIpc) is 2.62. The Balaban J connectivity index is 3.15. The van der Waals surface area contributed by atoms with Gasteiger partial charge in [-0.15, -0.1) is 0 Å². The second-order valence-electron chi connectivity index (χ2n) is 2.87. The quantitative estimate of drug-likeness (QED) is 0.576. The molecule has 0 amide bonds. The summed E-state index contributed by atoms with van der Waals surface area (Å²) in [5.74, 6) is 0. The number of carbonyl (C=O) groups is 1. The van der Waals surface area contributed by atoms with E-state index in [-0.39, 0.29) is 11.2 Å². The zero-order valence-electron chi connectivity index (χ0n) is 7.59. The number of aromatic amines is 1. The first-order valence-corrected chi connectivity index (χ1v) is 3.92. The summed E-state index contributed by atoms with van der Waals surface area (Å²) in [6.07, 6.45) is -0.321. The molecule has 0 atom stereocenters. The molecular formula is C7H6N4O4. The predicted molar refractivity (Wildman–Crippen MR) is 49.0 cm³/mol. The van der Waals surface area contributed by atoms with Crippen molar-refractivity contribution in [3.8, 4) is 0 Å². The van der Waals surface area contributed by atoms with Gasteiger partial charge in [-0.2, -0.15) is 4.57 Å². The fourth-order valence-corrected chi connectivity index (χ4v) is 1.28. The Morgan fingerprint density at radius 1 is 1.53 bits per heavy atom. The second-order valence-corrected chi connectivity index (χ2v) is 2.87. The number of hydrogen-bond acceptors (Lipinski definition) is 4. The van der Waals surface area contributed by atoms with Crippen LogP contribution in [0.4, 0.5) is 4.79 Å². The van der Waals surface area contributed by atoms with E-state index in [0.29, 0.717) is 9.13 Å². The maximum Gasteiger partial charge on any atom is 0.421 e. The summed E-state index contributed by atoms with van der Waals surface area (Å²) in [6, 6.07) is 0. The van der Waals surface area contributed by atoms with Crippen molar-refractivity contribution in [2.45, 2.75) is 0 Å². The SMILES string of the molecule is Cn1c(=O)c2[nH]cnc2n(C(=O)O)c1=O. The van der Waals surface area contributed by atoms with Crippen LogP contribution >= 0.6 is 0 Å². The number of imidazole rings is 1. The highest BCUT2D eigenvalue weighted by Gasteiger charge is 2.16. The largest absolute Gasteiger partial charge is 0.464 e. The summed E-state index contributed by atoms with van der Waals surface area (Å²) < 4.78 is 1.11. The Bertz CT molecular complexity index is 662. The van der Waals surface area contributed by atoms with E-state index in [1.165, 1.54) is 7.05 Å². The number of hydrogen-bond donors (Lipinski definition) is 2. The molecule has 0 aromatic carbocycles. The predicted octanol–water partition coefficient (Wildman–Crippen LogP) is -1.05. The van der Waals surface area contributed by atoms with Gasteiger partial charge in [0, 0.05) is 7.05 Å². The van der Waals surface area contributed by atoms with Crippen LogP contribution in [-0.4, -0.2) is 30.3 Å². The van der Waals surface area contributed by atoms with Crippen molar-refractivity contribution in [2.75, 3.05) is 0 Å². The van der Waals surface area contributed by atoms with E-state index in [0.717, 1.165) is 6.33 Å². The van der Waals surface area contributed by atoms with Gasteiger partial charge in [0.05, 0.1) is 6.33 Å². The van der Waals surface area contributed by atoms with Gasteiger partial charge in [-0.05, 0) is 0 Å². The zero-order valence-corrected chi connectivity index (χ0v) is 7.59. The summed E-state index contributed by atoms with van der Waals surface area (Å²) in [5, 5.41) is 8.79. The molecule has 8 heteroatoms. The standard InChI is InChI=1S/C7H6N4O4/c1-10-5(12)3-4(9-2-8-3)11(6(10)13)7(14)15/h2H,1H3,(H,8,9)(H,14,15).